The molecular formula is C8H17NOS. The van der Waals surface area contributed by atoms with E-state index >= 15 is 0 Å². The number of thioether (sulfide) groups is 1. The van der Waals surface area contributed by atoms with Crippen LogP contribution in [0.15, 0.2) is 0 Å². The van der Waals surface area contributed by atoms with Crippen LogP contribution in [-0.4, -0.2) is 24.0 Å². The highest BCUT2D eigenvalue weighted by molar-refractivity contribution is 7.99. The Labute approximate surface area is 73.1 Å². The smallest absolute Gasteiger partial charge is 0.222 e. The van der Waals surface area contributed by atoms with Gasteiger partial charge in [-0.3, -0.25) is 4.79 Å². The van der Waals surface area contributed by atoms with Crippen molar-refractivity contribution in [3.8, 4) is 0 Å². The summed E-state index contributed by atoms with van der Waals surface area (Å²) in [4.78, 5) is 11.0. The molecule has 0 spiro atoms. The molecule has 0 aliphatic heterocycles. The lowest BCUT2D eigenvalue weighted by molar-refractivity contribution is -0.123. The second-order valence-electron chi connectivity index (χ2n) is 2.95. The van der Waals surface area contributed by atoms with Crippen molar-refractivity contribution in [1.29, 1.82) is 0 Å². The number of hydrogen-bond acceptors (Lipinski definition) is 2. The minimum absolute atomic E-state index is 0.101. The van der Waals surface area contributed by atoms with Gasteiger partial charge in [0.15, 0.2) is 0 Å². The fourth-order valence-corrected chi connectivity index (χ4v) is 0.782. The van der Waals surface area contributed by atoms with Crippen molar-refractivity contribution in [2.24, 2.45) is 5.92 Å². The molecule has 0 aliphatic rings. The third-order valence-corrected chi connectivity index (χ3v) is 2.46. The maximum atomic E-state index is 11.0. The van der Waals surface area contributed by atoms with Gasteiger partial charge in [-0.15, -0.1) is 0 Å². The molecule has 0 bridgehead atoms. The molecule has 1 amide bonds. The lowest BCUT2D eigenvalue weighted by Crippen LogP contribution is -2.32. The Bertz CT molecular complexity index is 125. The Morgan fingerprint density at radius 3 is 2.36 bits per heavy atom. The van der Waals surface area contributed by atoms with Gasteiger partial charge in [-0.2, -0.15) is 11.8 Å². The van der Waals surface area contributed by atoms with Crippen LogP contribution in [0.5, 0.6) is 0 Å². The molecule has 0 aromatic carbocycles. The predicted molar refractivity (Wildman–Crippen MR) is 50.8 cm³/mol. The highest BCUT2D eigenvalue weighted by Crippen LogP contribution is 2.02. The molecule has 1 atom stereocenters. The Kier molecular flexibility index (Phi) is 5.38. The van der Waals surface area contributed by atoms with Gasteiger partial charge >= 0.3 is 0 Å². The molecule has 0 radical (unpaired) electrons. The van der Waals surface area contributed by atoms with E-state index in [1.807, 2.05) is 20.1 Å². The molecule has 0 aromatic heterocycles. The molecule has 3 heteroatoms. The SMILES string of the molecule is CSC(C)CNC(=O)C(C)C. The molecule has 11 heavy (non-hydrogen) atoms. The molecule has 0 heterocycles. The van der Waals surface area contributed by atoms with Crippen molar-refractivity contribution < 1.29 is 4.79 Å². The third kappa shape index (κ3) is 5.13. The molecule has 2 nitrogen and oxygen atoms in total. The lowest BCUT2D eigenvalue weighted by Gasteiger charge is -2.11. The fourth-order valence-electron chi connectivity index (χ4n) is 0.532. The monoisotopic (exact) mass is 175 g/mol. The van der Waals surface area contributed by atoms with E-state index in [0.29, 0.717) is 5.25 Å². The van der Waals surface area contributed by atoms with E-state index in [1.165, 1.54) is 0 Å². The average molecular weight is 175 g/mol. The van der Waals surface area contributed by atoms with Crippen molar-refractivity contribution in [3.05, 3.63) is 0 Å². The van der Waals surface area contributed by atoms with E-state index in [2.05, 4.69) is 12.2 Å². The van der Waals surface area contributed by atoms with Crippen molar-refractivity contribution in [3.63, 3.8) is 0 Å². The van der Waals surface area contributed by atoms with Gasteiger partial charge in [-0.05, 0) is 6.26 Å². The zero-order valence-corrected chi connectivity index (χ0v) is 8.49. The first kappa shape index (κ1) is 10.8. The number of amides is 1. The van der Waals surface area contributed by atoms with Crippen molar-refractivity contribution in [2.45, 2.75) is 26.0 Å². The molecule has 1 unspecified atom stereocenters. The van der Waals surface area contributed by atoms with Crippen molar-refractivity contribution in [2.75, 3.05) is 12.8 Å². The molecule has 0 aliphatic carbocycles. The second kappa shape index (κ2) is 5.47. The van der Waals surface area contributed by atoms with E-state index in [-0.39, 0.29) is 11.8 Å². The van der Waals surface area contributed by atoms with Crippen LogP contribution in [-0.2, 0) is 4.79 Å². The number of carbonyl (C=O) groups is 1. The molecule has 0 rings (SSSR count). The maximum Gasteiger partial charge on any atom is 0.222 e. The van der Waals surface area contributed by atoms with E-state index in [0.717, 1.165) is 6.54 Å². The fraction of sp³-hybridized carbons (Fsp3) is 0.875. The molecular weight excluding hydrogens is 158 g/mol. The van der Waals surface area contributed by atoms with Gasteiger partial charge in [0.05, 0.1) is 0 Å². The average Bonchev–Trinajstić information content (AvgIpc) is 1.99. The largest absolute Gasteiger partial charge is 0.355 e. The number of nitrogens with one attached hydrogen (secondary N) is 1. The molecule has 0 aromatic rings. The Morgan fingerprint density at radius 2 is 2.00 bits per heavy atom. The normalized spacial score (nSPS) is 13.2. The van der Waals surface area contributed by atoms with Gasteiger partial charge in [0.2, 0.25) is 5.91 Å². The second-order valence-corrected chi connectivity index (χ2v) is 4.22. The summed E-state index contributed by atoms with van der Waals surface area (Å²) in [6, 6.07) is 0. The highest BCUT2D eigenvalue weighted by atomic mass is 32.2. The number of carbonyl (C=O) groups excluding carboxylic acids is 1. The van der Waals surface area contributed by atoms with Crippen LogP contribution in [0.25, 0.3) is 0 Å². The van der Waals surface area contributed by atoms with Crippen LogP contribution in [0.4, 0.5) is 0 Å². The summed E-state index contributed by atoms with van der Waals surface area (Å²) in [6.45, 7) is 6.68. The predicted octanol–water partition coefficient (Wildman–Crippen LogP) is 1.51. The van der Waals surface area contributed by atoms with Crippen molar-refractivity contribution in [1.82, 2.24) is 5.32 Å². The van der Waals surface area contributed by atoms with E-state index in [9.17, 15) is 4.79 Å². The van der Waals surface area contributed by atoms with E-state index < -0.39 is 0 Å². The molecule has 0 saturated carbocycles. The topological polar surface area (TPSA) is 29.1 Å². The summed E-state index contributed by atoms with van der Waals surface area (Å²) in [5, 5.41) is 3.38. The minimum atomic E-state index is 0.101. The quantitative estimate of drug-likeness (QED) is 0.701. The van der Waals surface area contributed by atoms with Gasteiger partial charge < -0.3 is 5.32 Å². The van der Waals surface area contributed by atoms with Gasteiger partial charge in [0.25, 0.3) is 0 Å². The van der Waals surface area contributed by atoms with E-state index in [4.69, 9.17) is 0 Å². The lowest BCUT2D eigenvalue weighted by atomic mass is 10.2. The number of hydrogen-bond donors (Lipinski definition) is 1. The van der Waals surface area contributed by atoms with Gasteiger partial charge in [-0.25, -0.2) is 0 Å². The van der Waals surface area contributed by atoms with Crippen LogP contribution in [0.3, 0.4) is 0 Å². The van der Waals surface area contributed by atoms with Crippen molar-refractivity contribution >= 4 is 17.7 Å². The summed E-state index contributed by atoms with van der Waals surface area (Å²) in [5.74, 6) is 0.245. The first-order chi connectivity index (χ1) is 5.07. The maximum absolute atomic E-state index is 11.0. The standard InChI is InChI=1S/C8H17NOS/c1-6(2)8(10)9-5-7(3)11-4/h6-7H,5H2,1-4H3,(H,9,10). The summed E-state index contributed by atoms with van der Waals surface area (Å²) in [7, 11) is 0. The summed E-state index contributed by atoms with van der Waals surface area (Å²) in [6.07, 6.45) is 2.05. The Hall–Kier alpha value is -0.180. The summed E-state index contributed by atoms with van der Waals surface area (Å²) >= 11 is 1.76. The van der Waals surface area contributed by atoms with Gasteiger partial charge in [-0.1, -0.05) is 20.8 Å². The highest BCUT2D eigenvalue weighted by Gasteiger charge is 2.07. The van der Waals surface area contributed by atoms with Gasteiger partial charge in [0.1, 0.15) is 0 Å². The molecule has 1 N–H and O–H groups in total. The molecule has 0 saturated heterocycles. The first-order valence-corrected chi connectivity index (χ1v) is 5.17. The minimum Gasteiger partial charge on any atom is -0.355 e. The molecule has 0 fully saturated rings. The Morgan fingerprint density at radius 1 is 1.45 bits per heavy atom. The van der Waals surface area contributed by atoms with Crippen LogP contribution in [0.1, 0.15) is 20.8 Å². The first-order valence-electron chi connectivity index (χ1n) is 3.88. The van der Waals surface area contributed by atoms with Crippen LogP contribution >= 0.6 is 11.8 Å². The van der Waals surface area contributed by atoms with Gasteiger partial charge in [0, 0.05) is 17.7 Å². The zero-order valence-electron chi connectivity index (χ0n) is 7.68. The van der Waals surface area contributed by atoms with Crippen LogP contribution < -0.4 is 5.32 Å². The zero-order chi connectivity index (χ0) is 8.85. The number of rotatable bonds is 4. The van der Waals surface area contributed by atoms with Crippen LogP contribution in [0.2, 0.25) is 0 Å². The van der Waals surface area contributed by atoms with E-state index in [1.54, 1.807) is 11.8 Å². The summed E-state index contributed by atoms with van der Waals surface area (Å²) in [5.41, 5.74) is 0. The molecule has 66 valence electrons. The third-order valence-electron chi connectivity index (χ3n) is 1.49. The summed E-state index contributed by atoms with van der Waals surface area (Å²) < 4.78 is 0. The van der Waals surface area contributed by atoms with Crippen LogP contribution in [0, 0.1) is 5.92 Å². The Balaban J connectivity index is 3.46.